The van der Waals surface area contributed by atoms with Crippen molar-refractivity contribution in [3.8, 4) is 0 Å². The Morgan fingerprint density at radius 2 is 1.85 bits per heavy atom. The van der Waals surface area contributed by atoms with Crippen LogP contribution >= 0.6 is 0 Å². The summed E-state index contributed by atoms with van der Waals surface area (Å²) in [7, 11) is 0. The molecule has 0 bridgehead atoms. The molecule has 0 spiro atoms. The van der Waals surface area contributed by atoms with Crippen LogP contribution in [0.5, 0.6) is 0 Å². The zero-order valence-electron chi connectivity index (χ0n) is 20.3. The lowest BCUT2D eigenvalue weighted by molar-refractivity contribution is -0.139. The van der Waals surface area contributed by atoms with Gasteiger partial charge in [0.1, 0.15) is 0 Å². The fraction of sp³-hybridized carbons (Fsp3) is 0.560. The summed E-state index contributed by atoms with van der Waals surface area (Å²) in [5, 5.41) is 2.99. The average Bonchev–Trinajstić information content (AvgIpc) is 2.79. The molecule has 1 saturated heterocycles. The number of likely N-dealkylation sites (N-methyl/N-ethyl adjacent to an activating group) is 1. The van der Waals surface area contributed by atoms with E-state index in [-0.39, 0.29) is 30.5 Å². The van der Waals surface area contributed by atoms with Crippen molar-refractivity contribution in [1.29, 1.82) is 0 Å². The Morgan fingerprint density at radius 3 is 2.42 bits per heavy atom. The zero-order valence-corrected chi connectivity index (χ0v) is 20.3. The molecule has 2 aliphatic rings. The van der Waals surface area contributed by atoms with Gasteiger partial charge in [0, 0.05) is 50.4 Å². The van der Waals surface area contributed by atoms with Crippen LogP contribution in [0.15, 0.2) is 41.6 Å². The highest BCUT2D eigenvalue weighted by Gasteiger charge is 2.39. The summed E-state index contributed by atoms with van der Waals surface area (Å²) in [6.07, 6.45) is 0. The van der Waals surface area contributed by atoms with E-state index < -0.39 is 12.0 Å². The fourth-order valence-electron chi connectivity index (χ4n) is 4.60. The number of hydrogen-bond donors (Lipinski definition) is 1. The number of piperazine rings is 1. The van der Waals surface area contributed by atoms with E-state index in [4.69, 9.17) is 4.74 Å². The van der Waals surface area contributed by atoms with Crippen LogP contribution in [0.25, 0.3) is 0 Å². The van der Waals surface area contributed by atoms with Crippen molar-refractivity contribution in [2.24, 2.45) is 5.92 Å². The molecule has 33 heavy (non-hydrogen) atoms. The molecule has 3 rings (SSSR count). The maximum atomic E-state index is 13.2. The second-order valence-corrected chi connectivity index (χ2v) is 8.89. The van der Waals surface area contributed by atoms with E-state index in [0.29, 0.717) is 44.0 Å². The van der Waals surface area contributed by atoms with E-state index in [1.54, 1.807) is 11.8 Å². The predicted octanol–water partition coefficient (Wildman–Crippen LogP) is 2.78. The molecule has 8 nitrogen and oxygen atoms in total. The highest BCUT2D eigenvalue weighted by molar-refractivity contribution is 5.95. The van der Waals surface area contributed by atoms with Crippen molar-refractivity contribution >= 4 is 17.9 Å². The van der Waals surface area contributed by atoms with Crippen LogP contribution < -0.4 is 5.32 Å². The Kier molecular flexibility index (Phi) is 8.13. The van der Waals surface area contributed by atoms with Gasteiger partial charge in [-0.2, -0.15) is 0 Å². The summed E-state index contributed by atoms with van der Waals surface area (Å²) in [6, 6.07) is 8.75. The molecular weight excluding hydrogens is 420 g/mol. The number of amides is 3. The van der Waals surface area contributed by atoms with Gasteiger partial charge < -0.3 is 15.0 Å². The third kappa shape index (κ3) is 5.38. The zero-order chi connectivity index (χ0) is 24.1. The molecule has 180 valence electrons. The van der Waals surface area contributed by atoms with Crippen LogP contribution in [0.4, 0.5) is 4.79 Å². The Balaban J connectivity index is 1.95. The Labute approximate surface area is 196 Å². The van der Waals surface area contributed by atoms with Gasteiger partial charge in [0.15, 0.2) is 0 Å². The SMILES string of the molecule is CCOC(=O)C1=C(CN2CCN(C(=O)C(C)C)[C@@H](C)C2)N(CC)C(=O)N[C@@H]1c1ccccc1. The van der Waals surface area contributed by atoms with E-state index in [1.807, 2.05) is 62.9 Å². The second-order valence-electron chi connectivity index (χ2n) is 8.89. The molecule has 3 amide bonds. The molecule has 2 heterocycles. The fourth-order valence-corrected chi connectivity index (χ4v) is 4.60. The number of carbonyl (C=O) groups excluding carboxylic acids is 3. The van der Waals surface area contributed by atoms with Crippen LogP contribution in [0, 0.1) is 5.92 Å². The maximum absolute atomic E-state index is 13.2. The predicted molar refractivity (Wildman–Crippen MR) is 126 cm³/mol. The van der Waals surface area contributed by atoms with Gasteiger partial charge in [0.2, 0.25) is 5.91 Å². The van der Waals surface area contributed by atoms with Crippen LogP contribution in [-0.4, -0.2) is 78.0 Å². The van der Waals surface area contributed by atoms with Crippen molar-refractivity contribution in [2.45, 2.75) is 46.7 Å². The van der Waals surface area contributed by atoms with E-state index >= 15 is 0 Å². The van der Waals surface area contributed by atoms with Crippen LogP contribution in [-0.2, 0) is 14.3 Å². The third-order valence-corrected chi connectivity index (χ3v) is 6.24. The van der Waals surface area contributed by atoms with Crippen molar-refractivity contribution in [1.82, 2.24) is 20.0 Å². The minimum atomic E-state index is -0.572. The summed E-state index contributed by atoms with van der Waals surface area (Å²) in [6.45, 7) is 12.7. The lowest BCUT2D eigenvalue weighted by Gasteiger charge is -2.43. The highest BCUT2D eigenvalue weighted by atomic mass is 16.5. The number of nitrogens with one attached hydrogen (secondary N) is 1. The Hall–Kier alpha value is -2.87. The summed E-state index contributed by atoms with van der Waals surface area (Å²) < 4.78 is 5.43. The molecule has 2 aliphatic heterocycles. The molecule has 1 aromatic rings. The minimum absolute atomic E-state index is 0.0404. The van der Waals surface area contributed by atoms with E-state index in [0.717, 1.165) is 5.56 Å². The minimum Gasteiger partial charge on any atom is -0.463 e. The van der Waals surface area contributed by atoms with Crippen LogP contribution in [0.3, 0.4) is 0 Å². The first-order valence-corrected chi connectivity index (χ1v) is 11.8. The quantitative estimate of drug-likeness (QED) is 0.638. The number of rotatable bonds is 7. The molecule has 0 saturated carbocycles. The molecule has 2 atom stereocenters. The molecule has 1 aromatic carbocycles. The molecule has 8 heteroatoms. The Morgan fingerprint density at radius 1 is 1.15 bits per heavy atom. The lowest BCUT2D eigenvalue weighted by Crippen LogP contribution is -2.57. The smallest absolute Gasteiger partial charge is 0.338 e. The first-order valence-electron chi connectivity index (χ1n) is 11.8. The number of hydrogen-bond acceptors (Lipinski definition) is 5. The first kappa shape index (κ1) is 24.8. The molecule has 0 aliphatic carbocycles. The first-order chi connectivity index (χ1) is 15.8. The molecule has 0 unspecified atom stereocenters. The summed E-state index contributed by atoms with van der Waals surface area (Å²) in [5.74, 6) is -0.298. The molecule has 1 N–H and O–H groups in total. The van der Waals surface area contributed by atoms with Crippen molar-refractivity contribution in [3.63, 3.8) is 0 Å². The summed E-state index contributed by atoms with van der Waals surface area (Å²) in [4.78, 5) is 44.5. The van der Waals surface area contributed by atoms with Crippen molar-refractivity contribution in [2.75, 3.05) is 39.3 Å². The monoisotopic (exact) mass is 456 g/mol. The van der Waals surface area contributed by atoms with Gasteiger partial charge in [-0.25, -0.2) is 9.59 Å². The summed E-state index contributed by atoms with van der Waals surface area (Å²) >= 11 is 0. The number of carbonyl (C=O) groups is 3. The van der Waals surface area contributed by atoms with Gasteiger partial charge in [-0.1, -0.05) is 44.2 Å². The van der Waals surface area contributed by atoms with Gasteiger partial charge in [-0.05, 0) is 26.3 Å². The van der Waals surface area contributed by atoms with Crippen molar-refractivity contribution in [3.05, 3.63) is 47.2 Å². The van der Waals surface area contributed by atoms with E-state index in [9.17, 15) is 14.4 Å². The maximum Gasteiger partial charge on any atom is 0.338 e. The number of nitrogens with zero attached hydrogens (tertiary/aromatic N) is 3. The van der Waals surface area contributed by atoms with Gasteiger partial charge in [0.25, 0.3) is 0 Å². The van der Waals surface area contributed by atoms with Crippen LogP contribution in [0.1, 0.15) is 46.2 Å². The number of ether oxygens (including phenoxy) is 1. The number of benzene rings is 1. The van der Waals surface area contributed by atoms with Gasteiger partial charge in [-0.3, -0.25) is 14.6 Å². The molecule has 0 aromatic heterocycles. The molecule has 1 fully saturated rings. The summed E-state index contributed by atoms with van der Waals surface area (Å²) in [5.41, 5.74) is 1.98. The van der Waals surface area contributed by atoms with E-state index in [1.165, 1.54) is 0 Å². The Bertz CT molecular complexity index is 899. The van der Waals surface area contributed by atoms with E-state index in [2.05, 4.69) is 10.2 Å². The second kappa shape index (κ2) is 10.8. The lowest BCUT2D eigenvalue weighted by atomic mass is 9.94. The number of esters is 1. The highest BCUT2D eigenvalue weighted by Crippen LogP contribution is 2.32. The van der Waals surface area contributed by atoms with Gasteiger partial charge in [0.05, 0.1) is 18.2 Å². The standard InChI is InChI=1S/C25H36N4O4/c1-6-28-20(16-27-13-14-29(18(5)15-27)23(30)17(3)4)21(24(31)33-7-2)22(26-25(28)32)19-11-9-8-10-12-19/h8-12,17-18,22H,6-7,13-16H2,1-5H3,(H,26,32)/t18-,22+/m0/s1. The van der Waals surface area contributed by atoms with Crippen LogP contribution in [0.2, 0.25) is 0 Å². The molecule has 0 radical (unpaired) electrons. The molecular formula is C25H36N4O4. The third-order valence-electron chi connectivity index (χ3n) is 6.24. The topological polar surface area (TPSA) is 82.2 Å². The normalized spacial score (nSPS) is 21.9. The number of urea groups is 1. The van der Waals surface area contributed by atoms with Gasteiger partial charge >= 0.3 is 12.0 Å². The largest absolute Gasteiger partial charge is 0.463 e. The average molecular weight is 457 g/mol. The van der Waals surface area contributed by atoms with Crippen molar-refractivity contribution < 1.29 is 19.1 Å². The van der Waals surface area contributed by atoms with Gasteiger partial charge in [-0.15, -0.1) is 0 Å².